The molecule has 24 nitrogen and oxygen atoms in total. The van der Waals surface area contributed by atoms with E-state index in [1.54, 1.807) is 16.1 Å². The van der Waals surface area contributed by atoms with Gasteiger partial charge in [-0.15, -0.1) is 11.8 Å². The number of carboxylic acid groups (broad SMARTS) is 2. The number of carboxylic acids is 2. The lowest BCUT2D eigenvalue weighted by Gasteiger charge is -2.49. The molecule has 284 valence electrons. The Morgan fingerprint density at radius 1 is 1.27 bits per heavy atom. The Morgan fingerprint density at radius 3 is 2.50 bits per heavy atom. The van der Waals surface area contributed by atoms with Crippen LogP contribution < -0.4 is 22.5 Å². The number of carbonyl (C=O) groups excluding carboxylic acids is 2. The topological polar surface area (TPSA) is 370 Å². The number of aliphatic imine (C=N–C) groups is 1. The lowest BCUT2D eigenvalue weighted by Crippen LogP contribution is -2.71. The molecule has 2 atom stereocenters. The van der Waals surface area contributed by atoms with Crippen LogP contribution in [0.3, 0.4) is 0 Å². The first-order chi connectivity index (χ1) is 24.2. The second-order valence-electron chi connectivity index (χ2n) is 11.5. The van der Waals surface area contributed by atoms with Crippen molar-refractivity contribution in [2.75, 3.05) is 44.2 Å². The molecule has 27 heteroatoms. The number of nitrogen functional groups attached to an aromatic ring is 1. The summed E-state index contributed by atoms with van der Waals surface area (Å²) < 4.78 is 35.5. The SMILES string of the molecule is CC(C)(O/N=C(/C(=O)NC1C(=O)N2C(C(=O)O)=C(CN3C=C(N(CCCN)C(=N)N)C4=NCCN43)CSC12)c1nsc(N)n1)C(=O)O.O=S(=O)(O)O. The maximum absolute atomic E-state index is 13.4. The summed E-state index contributed by atoms with van der Waals surface area (Å²) in [5, 5.41) is 36.8. The zero-order valence-corrected chi connectivity index (χ0v) is 29.8. The van der Waals surface area contributed by atoms with E-state index >= 15 is 0 Å². The van der Waals surface area contributed by atoms with Crippen molar-refractivity contribution in [1.82, 2.24) is 34.5 Å². The first-order valence-electron chi connectivity index (χ1n) is 14.9. The number of hydrazine groups is 1. The van der Waals surface area contributed by atoms with E-state index in [-0.39, 0.29) is 34.9 Å². The van der Waals surface area contributed by atoms with Gasteiger partial charge in [0.25, 0.3) is 11.8 Å². The van der Waals surface area contributed by atoms with E-state index in [0.29, 0.717) is 49.7 Å². The molecule has 0 aromatic carbocycles. The van der Waals surface area contributed by atoms with Crippen LogP contribution in [0.25, 0.3) is 0 Å². The van der Waals surface area contributed by atoms with Crippen LogP contribution in [0.1, 0.15) is 26.1 Å². The lowest BCUT2D eigenvalue weighted by molar-refractivity contribution is -0.161. The van der Waals surface area contributed by atoms with Crippen LogP contribution in [0.15, 0.2) is 33.3 Å². The van der Waals surface area contributed by atoms with Gasteiger partial charge in [-0.1, -0.05) is 5.16 Å². The van der Waals surface area contributed by atoms with Gasteiger partial charge < -0.3 is 42.5 Å². The van der Waals surface area contributed by atoms with Crippen molar-refractivity contribution in [3.8, 4) is 0 Å². The van der Waals surface area contributed by atoms with Crippen LogP contribution in [0.2, 0.25) is 0 Å². The number of guanidine groups is 1. The molecular formula is C25H35N13O11S3. The number of rotatable bonds is 13. The summed E-state index contributed by atoms with van der Waals surface area (Å²) >= 11 is 2.02. The van der Waals surface area contributed by atoms with Crippen molar-refractivity contribution < 1.29 is 51.8 Å². The Balaban J connectivity index is 0.00000113. The van der Waals surface area contributed by atoms with Crippen molar-refractivity contribution in [1.29, 1.82) is 5.41 Å². The van der Waals surface area contributed by atoms with E-state index in [0.717, 1.165) is 16.4 Å². The molecule has 0 bridgehead atoms. The second-order valence-corrected chi connectivity index (χ2v) is 14.3. The highest BCUT2D eigenvalue weighted by atomic mass is 32.3. The molecule has 5 heterocycles. The molecule has 1 fully saturated rings. The number of carbonyl (C=O) groups is 4. The van der Waals surface area contributed by atoms with Crippen molar-refractivity contribution in [3.63, 3.8) is 0 Å². The smallest absolute Gasteiger partial charge is 0.394 e. The molecule has 4 aliphatic heterocycles. The van der Waals surface area contributed by atoms with E-state index in [1.165, 1.54) is 25.6 Å². The van der Waals surface area contributed by atoms with Crippen molar-refractivity contribution in [2.45, 2.75) is 37.3 Å². The average Bonchev–Trinajstić information content (AvgIpc) is 3.77. The molecule has 5 rings (SSSR count). The van der Waals surface area contributed by atoms with Crippen LogP contribution in [0.5, 0.6) is 0 Å². The predicted molar refractivity (Wildman–Crippen MR) is 184 cm³/mol. The molecule has 52 heavy (non-hydrogen) atoms. The van der Waals surface area contributed by atoms with Gasteiger partial charge in [0.05, 0.1) is 19.6 Å². The third kappa shape index (κ3) is 8.85. The number of nitrogens with one attached hydrogen (secondary N) is 2. The summed E-state index contributed by atoms with van der Waals surface area (Å²) in [5.74, 6) is -3.90. The molecule has 4 aliphatic rings. The molecule has 12 N–H and O–H groups in total. The predicted octanol–water partition coefficient (Wildman–Crippen LogP) is -2.88. The zero-order valence-electron chi connectivity index (χ0n) is 27.4. The summed E-state index contributed by atoms with van der Waals surface area (Å²) in [6.45, 7) is 4.36. The number of thioether (sulfide) groups is 1. The minimum atomic E-state index is -4.67. The first kappa shape index (κ1) is 39.7. The minimum absolute atomic E-state index is 0.00680. The van der Waals surface area contributed by atoms with Crippen molar-refractivity contribution in [2.24, 2.45) is 21.6 Å². The molecule has 1 aromatic heterocycles. The zero-order chi connectivity index (χ0) is 38.7. The number of fused-ring (bicyclic) bond motifs is 2. The third-order valence-corrected chi connectivity index (χ3v) is 9.32. The van der Waals surface area contributed by atoms with Crippen LogP contribution in [-0.2, 0) is 34.4 Å². The Morgan fingerprint density at radius 2 is 1.94 bits per heavy atom. The maximum Gasteiger partial charge on any atom is 0.394 e. The van der Waals surface area contributed by atoms with Gasteiger partial charge in [0.15, 0.2) is 16.9 Å². The standard InChI is InChI=1S/C25H33N13O7S2.H2O4S/c1-25(2,22(43)44)45-33-13(16-32-24(29)47-34-16)18(39)31-14-19(40)38-15(21(41)42)11(10-46-20(14)38)8-35-9-12(17-30-5-7-37(17)35)36(23(27)28)6-3-4-26;1-5(2,3)4/h9,14,20H,3-8,10,26H2,1-2H3,(H3,27,28)(H,31,39)(H,41,42)(H,43,44)(H2,29,32,34);(H2,1,2,3,4)/b33-13+;. The number of hydrogen-bond donors (Lipinski definition) is 9. The number of aliphatic carboxylic acids is 2. The van der Waals surface area contributed by atoms with E-state index in [9.17, 15) is 29.4 Å². The molecule has 1 aromatic rings. The summed E-state index contributed by atoms with van der Waals surface area (Å²) in [5.41, 5.74) is 15.7. The minimum Gasteiger partial charge on any atom is -0.478 e. The monoisotopic (exact) mass is 789 g/mol. The molecule has 1 saturated heterocycles. The van der Waals surface area contributed by atoms with Gasteiger partial charge in [0.2, 0.25) is 17.1 Å². The average molecular weight is 790 g/mol. The summed E-state index contributed by atoms with van der Waals surface area (Å²) in [4.78, 5) is 67.0. The normalized spacial score (nSPS) is 19.8. The number of nitrogens with two attached hydrogens (primary N) is 3. The summed E-state index contributed by atoms with van der Waals surface area (Å²) in [6.07, 6.45) is 2.33. The van der Waals surface area contributed by atoms with E-state index in [2.05, 4.69) is 24.8 Å². The van der Waals surface area contributed by atoms with Gasteiger partial charge in [0.1, 0.15) is 22.8 Å². The Kier molecular flexibility index (Phi) is 11.9. The largest absolute Gasteiger partial charge is 0.478 e. The van der Waals surface area contributed by atoms with E-state index in [4.69, 9.17) is 45.0 Å². The quantitative estimate of drug-likeness (QED) is 0.0318. The van der Waals surface area contributed by atoms with E-state index < -0.39 is 56.9 Å². The van der Waals surface area contributed by atoms with Crippen LogP contribution in [-0.4, -0.2) is 154 Å². The van der Waals surface area contributed by atoms with Gasteiger partial charge in [-0.25, -0.2) is 9.59 Å². The molecule has 0 saturated carbocycles. The number of β-lactam (4-membered cyclic amide) rings is 1. The molecule has 0 radical (unpaired) electrons. The number of hydrogen-bond acceptors (Lipinski definition) is 18. The lowest BCUT2D eigenvalue weighted by atomic mass is 10.0. The molecule has 2 unspecified atom stereocenters. The van der Waals surface area contributed by atoms with Crippen LogP contribution in [0.4, 0.5) is 5.13 Å². The highest BCUT2D eigenvalue weighted by molar-refractivity contribution is 8.00. The van der Waals surface area contributed by atoms with Gasteiger partial charge in [-0.05, 0) is 32.4 Å². The van der Waals surface area contributed by atoms with Crippen molar-refractivity contribution in [3.05, 3.63) is 29.0 Å². The second kappa shape index (κ2) is 15.7. The summed E-state index contributed by atoms with van der Waals surface area (Å²) in [6, 6.07) is -1.14. The fourth-order valence-electron chi connectivity index (χ4n) is 5.04. The number of amides is 2. The fraction of sp³-hybridized carbons (Fsp3) is 0.480. The number of oxime groups is 1. The Bertz CT molecular complexity index is 1870. The Labute approximate surface area is 303 Å². The number of aromatic nitrogens is 2. The van der Waals surface area contributed by atoms with E-state index in [1.807, 2.05) is 5.01 Å². The van der Waals surface area contributed by atoms with Crippen LogP contribution in [0, 0.1) is 5.41 Å². The van der Waals surface area contributed by atoms with Gasteiger partial charge in [-0.2, -0.15) is 17.8 Å². The summed E-state index contributed by atoms with van der Waals surface area (Å²) in [7, 11) is -4.67. The number of nitrogens with zero attached hydrogens (tertiary/aromatic N) is 8. The molecule has 0 spiro atoms. The highest BCUT2D eigenvalue weighted by Gasteiger charge is 2.55. The van der Waals surface area contributed by atoms with Gasteiger partial charge in [-0.3, -0.25) is 44.0 Å². The van der Waals surface area contributed by atoms with Gasteiger partial charge >= 0.3 is 22.3 Å². The number of amidine groups is 1. The van der Waals surface area contributed by atoms with Gasteiger partial charge in [0, 0.05) is 30.0 Å². The third-order valence-electron chi connectivity index (χ3n) is 7.43. The van der Waals surface area contributed by atoms with Crippen LogP contribution >= 0.6 is 23.3 Å². The maximum atomic E-state index is 13.4. The molecule has 0 aliphatic carbocycles. The number of anilines is 1. The molecular weight excluding hydrogens is 755 g/mol. The first-order valence-corrected chi connectivity index (χ1v) is 18.1. The highest BCUT2D eigenvalue weighted by Crippen LogP contribution is 2.41. The van der Waals surface area contributed by atoms with Crippen molar-refractivity contribution >= 4 is 80.1 Å². The fourth-order valence-corrected chi connectivity index (χ4v) is 6.81. The molecule has 2 amide bonds. The Hall–Kier alpha value is -5.09.